The Morgan fingerprint density at radius 2 is 1.90 bits per heavy atom. The lowest BCUT2D eigenvalue weighted by molar-refractivity contribution is 0.562. The largest absolute Gasteiger partial charge is 0.318 e. The minimum Gasteiger partial charge on any atom is -0.318 e. The highest BCUT2D eigenvalue weighted by atomic mass is 32.2. The van der Waals surface area contributed by atoms with Gasteiger partial charge in [-0.2, -0.15) is 4.40 Å². The van der Waals surface area contributed by atoms with Crippen molar-refractivity contribution in [2.24, 2.45) is 11.4 Å². The van der Waals surface area contributed by atoms with Gasteiger partial charge in [-0.1, -0.05) is 17.3 Å². The molecule has 1 fully saturated rings. The van der Waals surface area contributed by atoms with Gasteiger partial charge in [0.15, 0.2) is 0 Å². The van der Waals surface area contributed by atoms with Crippen molar-refractivity contribution in [1.29, 1.82) is 0 Å². The van der Waals surface area contributed by atoms with Gasteiger partial charge < -0.3 is 4.57 Å². The van der Waals surface area contributed by atoms with Crippen LogP contribution in [0.2, 0.25) is 0 Å². The first-order chi connectivity index (χ1) is 13.6. The van der Waals surface area contributed by atoms with Crippen LogP contribution in [0.3, 0.4) is 0 Å². The maximum atomic E-state index is 12.9. The first-order valence-electron chi connectivity index (χ1n) is 9.44. The second-order valence-electron chi connectivity index (χ2n) is 8.34. The van der Waals surface area contributed by atoms with Gasteiger partial charge in [0, 0.05) is 24.2 Å². The lowest BCUT2D eigenvalue weighted by Crippen LogP contribution is -2.27. The second kappa shape index (κ2) is 6.62. The van der Waals surface area contributed by atoms with Crippen LogP contribution in [0.5, 0.6) is 0 Å². The molecule has 8 nitrogen and oxygen atoms in total. The van der Waals surface area contributed by atoms with Crippen LogP contribution in [-0.2, 0) is 17.1 Å². The van der Waals surface area contributed by atoms with Gasteiger partial charge in [-0.15, -0.1) is 5.10 Å². The average molecular weight is 414 g/mol. The molecule has 0 atom stereocenters. The highest BCUT2D eigenvalue weighted by molar-refractivity contribution is 7.91. The van der Waals surface area contributed by atoms with Gasteiger partial charge in [-0.3, -0.25) is 4.79 Å². The van der Waals surface area contributed by atoms with Gasteiger partial charge in [-0.05, 0) is 51.1 Å². The summed E-state index contributed by atoms with van der Waals surface area (Å²) in [6, 6.07) is 7.30. The minimum atomic E-state index is -3.85. The summed E-state index contributed by atoms with van der Waals surface area (Å²) in [4.78, 5) is 12.6. The van der Waals surface area contributed by atoms with Crippen LogP contribution in [0.25, 0.3) is 10.8 Å². The summed E-state index contributed by atoms with van der Waals surface area (Å²) in [6.45, 7) is 4.80. The maximum Gasteiger partial charge on any atom is 0.258 e. The summed E-state index contributed by atoms with van der Waals surface area (Å²) >= 11 is 0. The van der Waals surface area contributed by atoms with E-state index in [-0.39, 0.29) is 11.3 Å². The van der Waals surface area contributed by atoms with Gasteiger partial charge in [0.2, 0.25) is 0 Å². The monoisotopic (exact) mass is 413 g/mol. The summed E-state index contributed by atoms with van der Waals surface area (Å²) < 4.78 is 32.2. The van der Waals surface area contributed by atoms with Crippen molar-refractivity contribution >= 4 is 26.5 Å². The molecular formula is C20H23N5O3S. The second-order valence-corrected chi connectivity index (χ2v) is 10.7. The predicted octanol–water partition coefficient (Wildman–Crippen LogP) is 2.43. The van der Waals surface area contributed by atoms with Crippen LogP contribution in [-0.4, -0.2) is 38.4 Å². The van der Waals surface area contributed by atoms with Crippen LogP contribution in [0.4, 0.5) is 0 Å². The fraction of sp³-hybridized carbons (Fsp3) is 0.400. The fourth-order valence-corrected chi connectivity index (χ4v) is 3.68. The first kappa shape index (κ1) is 19.5. The van der Waals surface area contributed by atoms with Gasteiger partial charge in [0.05, 0.1) is 17.0 Å². The summed E-state index contributed by atoms with van der Waals surface area (Å²) in [5.41, 5.74) is 0.948. The molecule has 3 aromatic rings. The molecule has 0 saturated heterocycles. The molecule has 2 heterocycles. The molecule has 1 aromatic carbocycles. The van der Waals surface area contributed by atoms with Gasteiger partial charge in [0.1, 0.15) is 11.4 Å². The molecule has 152 valence electrons. The molecule has 0 aliphatic heterocycles. The zero-order valence-electron chi connectivity index (χ0n) is 16.8. The molecule has 0 N–H and O–H groups in total. The normalized spacial score (nSPS) is 15.8. The van der Waals surface area contributed by atoms with Crippen LogP contribution in [0, 0.1) is 0 Å². The predicted molar refractivity (Wildman–Crippen MR) is 112 cm³/mol. The Morgan fingerprint density at radius 3 is 2.55 bits per heavy atom. The lowest BCUT2D eigenvalue weighted by Gasteiger charge is -2.17. The third-order valence-corrected chi connectivity index (χ3v) is 7.01. The highest BCUT2D eigenvalue weighted by Gasteiger charge is 2.31. The zero-order valence-corrected chi connectivity index (χ0v) is 17.6. The molecule has 9 heteroatoms. The van der Waals surface area contributed by atoms with Crippen molar-refractivity contribution in [2.45, 2.75) is 44.4 Å². The first-order valence-corrected chi connectivity index (χ1v) is 10.9. The Bertz CT molecular complexity index is 1290. The molecule has 1 saturated carbocycles. The smallest absolute Gasteiger partial charge is 0.258 e. The quantitative estimate of drug-likeness (QED) is 0.612. The third kappa shape index (κ3) is 3.50. The molecule has 1 aliphatic rings. The van der Waals surface area contributed by atoms with E-state index in [4.69, 9.17) is 0 Å². The maximum absolute atomic E-state index is 12.9. The molecular weight excluding hydrogens is 390 g/mol. The van der Waals surface area contributed by atoms with Crippen LogP contribution < -0.4 is 5.56 Å². The molecule has 2 aromatic heterocycles. The summed E-state index contributed by atoms with van der Waals surface area (Å²) in [6.07, 6.45) is 5.44. The molecule has 29 heavy (non-hydrogen) atoms. The molecule has 0 amide bonds. The number of aromatic nitrogens is 4. The molecule has 0 unspecified atom stereocenters. The standard InChI is InChI=1S/C20H23N5O3S/c1-20(2,3)29(27,28)22-18(17-12-25(23-21-17)13-8-9-13)15-6-5-7-16-14(15)10-11-24(4)19(16)26/h5-7,10-13H,8-9H2,1-4H3. The van der Waals surface area contributed by atoms with E-state index in [0.717, 1.165) is 12.8 Å². The van der Waals surface area contributed by atoms with Crippen molar-refractivity contribution in [2.75, 3.05) is 0 Å². The SMILES string of the molecule is Cn1ccc2c(C(=NS(=O)(=O)C(C)(C)C)c3cn(C4CC4)nn3)cccc2c1=O. The summed E-state index contributed by atoms with van der Waals surface area (Å²) in [5, 5.41) is 9.47. The molecule has 4 rings (SSSR count). The number of hydrogen-bond donors (Lipinski definition) is 0. The highest BCUT2D eigenvalue weighted by Crippen LogP contribution is 2.34. The fourth-order valence-electron chi connectivity index (χ4n) is 2.98. The topological polar surface area (TPSA) is 99.2 Å². The average Bonchev–Trinajstić information content (AvgIpc) is 3.39. The van der Waals surface area contributed by atoms with E-state index in [1.165, 1.54) is 4.57 Å². The number of hydrogen-bond acceptors (Lipinski definition) is 5. The van der Waals surface area contributed by atoms with Crippen molar-refractivity contribution in [3.05, 3.63) is 58.3 Å². The summed E-state index contributed by atoms with van der Waals surface area (Å²) in [5.74, 6) is 0. The van der Waals surface area contributed by atoms with E-state index in [1.807, 2.05) is 0 Å². The van der Waals surface area contributed by atoms with Crippen LogP contribution in [0.15, 0.2) is 45.9 Å². The zero-order chi connectivity index (χ0) is 21.0. The number of fused-ring (bicyclic) bond motifs is 1. The van der Waals surface area contributed by atoms with E-state index < -0.39 is 14.8 Å². The van der Waals surface area contributed by atoms with Crippen molar-refractivity contribution in [1.82, 2.24) is 19.6 Å². The molecule has 0 radical (unpaired) electrons. The van der Waals surface area contributed by atoms with E-state index >= 15 is 0 Å². The van der Waals surface area contributed by atoms with Crippen LogP contribution in [0.1, 0.15) is 50.9 Å². The van der Waals surface area contributed by atoms with Crippen LogP contribution >= 0.6 is 0 Å². The number of pyridine rings is 1. The van der Waals surface area contributed by atoms with E-state index in [1.54, 1.807) is 69.2 Å². The Balaban J connectivity index is 2.00. The number of sulfonamides is 1. The van der Waals surface area contributed by atoms with Gasteiger partial charge in [-0.25, -0.2) is 13.1 Å². The Kier molecular flexibility index (Phi) is 4.45. The number of nitrogens with zero attached hydrogens (tertiary/aromatic N) is 5. The van der Waals surface area contributed by atoms with Gasteiger partial charge >= 0.3 is 0 Å². The minimum absolute atomic E-state index is 0.163. The van der Waals surface area contributed by atoms with Gasteiger partial charge in [0.25, 0.3) is 15.6 Å². The number of benzene rings is 1. The number of rotatable bonds is 4. The molecule has 0 bridgehead atoms. The van der Waals surface area contributed by atoms with E-state index in [9.17, 15) is 13.2 Å². The van der Waals surface area contributed by atoms with Crippen molar-refractivity contribution < 1.29 is 8.42 Å². The number of aryl methyl sites for hydroxylation is 1. The Labute approximate surface area is 168 Å². The molecule has 1 aliphatic carbocycles. The van der Waals surface area contributed by atoms with Crippen molar-refractivity contribution in [3.63, 3.8) is 0 Å². The Hall–Kier alpha value is -2.81. The Morgan fingerprint density at radius 1 is 1.17 bits per heavy atom. The molecule has 0 spiro atoms. The summed E-state index contributed by atoms with van der Waals surface area (Å²) in [7, 11) is -2.17. The lowest BCUT2D eigenvalue weighted by atomic mass is 10.0. The van der Waals surface area contributed by atoms with E-state index in [0.29, 0.717) is 28.1 Å². The third-order valence-electron chi connectivity index (χ3n) is 5.04. The van der Waals surface area contributed by atoms with Crippen molar-refractivity contribution in [3.8, 4) is 0 Å². The van der Waals surface area contributed by atoms with E-state index in [2.05, 4.69) is 14.7 Å².